The van der Waals surface area contributed by atoms with Crippen LogP contribution in [-0.2, 0) is 4.79 Å². The van der Waals surface area contributed by atoms with E-state index in [-0.39, 0.29) is 11.4 Å². The van der Waals surface area contributed by atoms with Crippen LogP contribution in [0, 0.1) is 5.92 Å². The summed E-state index contributed by atoms with van der Waals surface area (Å²) in [6.07, 6.45) is 1.45. The molecule has 2 unspecified atom stereocenters. The van der Waals surface area contributed by atoms with Gasteiger partial charge in [-0.2, -0.15) is 0 Å². The number of nitrogen functional groups attached to an aromatic ring is 1. The van der Waals surface area contributed by atoms with E-state index in [0.717, 1.165) is 0 Å². The maximum atomic E-state index is 11.8. The molecule has 1 heterocycles. The van der Waals surface area contributed by atoms with Gasteiger partial charge in [0.1, 0.15) is 0 Å². The summed E-state index contributed by atoms with van der Waals surface area (Å²) in [5.74, 6) is -2.11. The smallest absolute Gasteiger partial charge is 0.308 e. The van der Waals surface area contributed by atoms with Crippen molar-refractivity contribution in [2.45, 2.75) is 19.9 Å². The van der Waals surface area contributed by atoms with E-state index in [0.29, 0.717) is 0 Å². The molecule has 92 valence electrons. The third kappa shape index (κ3) is 3.17. The molecule has 1 amide bonds. The number of carboxylic acid groups (broad SMARTS) is 1. The number of carbonyl (C=O) groups is 2. The Kier molecular flexibility index (Phi) is 4.03. The third-order valence-corrected chi connectivity index (χ3v) is 2.55. The predicted octanol–water partition coefficient (Wildman–Crippen LogP) is 0.503. The van der Waals surface area contributed by atoms with E-state index < -0.39 is 23.8 Å². The van der Waals surface area contributed by atoms with Gasteiger partial charge in [-0.3, -0.25) is 9.59 Å². The fraction of sp³-hybridized carbons (Fsp3) is 0.364. The Balaban J connectivity index is 2.74. The van der Waals surface area contributed by atoms with Gasteiger partial charge in [-0.05, 0) is 26.0 Å². The van der Waals surface area contributed by atoms with Crippen LogP contribution >= 0.6 is 0 Å². The number of nitrogens with two attached hydrogens (primary N) is 1. The Hall–Kier alpha value is -2.11. The number of pyridine rings is 1. The van der Waals surface area contributed by atoms with Crippen LogP contribution in [0.5, 0.6) is 0 Å². The summed E-state index contributed by atoms with van der Waals surface area (Å²) < 4.78 is 0. The quantitative estimate of drug-likeness (QED) is 0.707. The highest BCUT2D eigenvalue weighted by Crippen LogP contribution is 2.08. The molecule has 4 N–H and O–H groups in total. The van der Waals surface area contributed by atoms with Gasteiger partial charge < -0.3 is 16.2 Å². The summed E-state index contributed by atoms with van der Waals surface area (Å²) in [5.41, 5.74) is 5.97. The zero-order chi connectivity index (χ0) is 13.0. The lowest BCUT2D eigenvalue weighted by Crippen LogP contribution is -2.40. The topological polar surface area (TPSA) is 105 Å². The lowest BCUT2D eigenvalue weighted by molar-refractivity contribution is -0.141. The van der Waals surface area contributed by atoms with Crippen molar-refractivity contribution in [3.05, 3.63) is 24.0 Å². The first-order valence-electron chi connectivity index (χ1n) is 5.17. The summed E-state index contributed by atoms with van der Waals surface area (Å²) in [6.45, 7) is 3.14. The minimum absolute atomic E-state index is 0.108. The van der Waals surface area contributed by atoms with Crippen molar-refractivity contribution < 1.29 is 14.7 Å². The normalized spacial score (nSPS) is 13.8. The highest BCUT2D eigenvalue weighted by molar-refractivity contribution is 5.97. The molecule has 6 heteroatoms. The lowest BCUT2D eigenvalue weighted by Gasteiger charge is -2.17. The van der Waals surface area contributed by atoms with E-state index >= 15 is 0 Å². The van der Waals surface area contributed by atoms with Crippen molar-refractivity contribution in [1.82, 2.24) is 10.3 Å². The number of aromatic nitrogens is 1. The number of hydrogen-bond donors (Lipinski definition) is 3. The van der Waals surface area contributed by atoms with E-state index in [2.05, 4.69) is 10.3 Å². The molecule has 0 spiro atoms. The Bertz CT molecular complexity index is 434. The van der Waals surface area contributed by atoms with E-state index in [1.165, 1.54) is 13.1 Å². The lowest BCUT2D eigenvalue weighted by atomic mass is 10.0. The highest BCUT2D eigenvalue weighted by Gasteiger charge is 2.22. The molecule has 2 atom stereocenters. The van der Waals surface area contributed by atoms with Gasteiger partial charge in [0.2, 0.25) is 0 Å². The average Bonchev–Trinajstić information content (AvgIpc) is 2.28. The molecule has 1 rings (SSSR count). The van der Waals surface area contributed by atoms with Crippen molar-refractivity contribution in [3.63, 3.8) is 0 Å². The first-order valence-corrected chi connectivity index (χ1v) is 5.17. The highest BCUT2D eigenvalue weighted by atomic mass is 16.4. The molecule has 1 aromatic heterocycles. The summed E-state index contributed by atoms with van der Waals surface area (Å²) in [7, 11) is 0. The number of nitrogens with zero attached hydrogens (tertiary/aromatic N) is 1. The Morgan fingerprint density at radius 1 is 1.47 bits per heavy atom. The Morgan fingerprint density at radius 2 is 2.12 bits per heavy atom. The van der Waals surface area contributed by atoms with Crippen molar-refractivity contribution in [2.24, 2.45) is 5.92 Å². The summed E-state index contributed by atoms with van der Waals surface area (Å²) in [5, 5.41) is 11.4. The van der Waals surface area contributed by atoms with E-state index in [1.54, 1.807) is 19.1 Å². The first kappa shape index (κ1) is 13.0. The molecular weight excluding hydrogens is 222 g/mol. The molecular formula is C11H15N3O3. The second kappa shape index (κ2) is 5.29. The molecule has 0 saturated carbocycles. The Labute approximate surface area is 98.8 Å². The second-order valence-corrected chi connectivity index (χ2v) is 3.83. The molecule has 0 radical (unpaired) electrons. The predicted molar refractivity (Wildman–Crippen MR) is 62.4 cm³/mol. The van der Waals surface area contributed by atoms with Gasteiger partial charge in [0, 0.05) is 12.2 Å². The minimum atomic E-state index is -0.966. The van der Waals surface area contributed by atoms with Crippen LogP contribution < -0.4 is 11.1 Å². The molecule has 0 saturated heterocycles. The van der Waals surface area contributed by atoms with Crippen LogP contribution in [0.25, 0.3) is 0 Å². The number of nitrogens with one attached hydrogen (secondary N) is 1. The summed E-state index contributed by atoms with van der Waals surface area (Å²) >= 11 is 0. The van der Waals surface area contributed by atoms with Crippen molar-refractivity contribution in [2.75, 3.05) is 5.73 Å². The van der Waals surface area contributed by atoms with Gasteiger partial charge in [0.15, 0.2) is 5.69 Å². The summed E-state index contributed by atoms with van der Waals surface area (Å²) in [4.78, 5) is 26.3. The zero-order valence-electron chi connectivity index (χ0n) is 9.68. The zero-order valence-corrected chi connectivity index (χ0v) is 9.68. The maximum Gasteiger partial charge on any atom is 0.308 e. The summed E-state index contributed by atoms with van der Waals surface area (Å²) in [6, 6.07) is 2.68. The van der Waals surface area contributed by atoms with Crippen LogP contribution in [0.4, 0.5) is 5.69 Å². The average molecular weight is 237 g/mol. The SMILES string of the molecule is CC(NC(=O)c1ncccc1N)C(C)C(=O)O. The largest absolute Gasteiger partial charge is 0.481 e. The van der Waals surface area contributed by atoms with E-state index in [9.17, 15) is 9.59 Å². The molecule has 0 aromatic carbocycles. The number of anilines is 1. The number of aliphatic carboxylic acids is 1. The fourth-order valence-corrected chi connectivity index (χ4v) is 1.22. The van der Waals surface area contributed by atoms with E-state index in [4.69, 9.17) is 10.8 Å². The Morgan fingerprint density at radius 3 is 2.65 bits per heavy atom. The number of carboxylic acids is 1. The van der Waals surface area contributed by atoms with E-state index in [1.807, 2.05) is 0 Å². The number of carbonyl (C=O) groups excluding carboxylic acids is 1. The third-order valence-electron chi connectivity index (χ3n) is 2.55. The maximum absolute atomic E-state index is 11.8. The van der Waals surface area contributed by atoms with Crippen LogP contribution in [0.3, 0.4) is 0 Å². The molecule has 0 aliphatic carbocycles. The molecule has 0 aliphatic rings. The molecule has 6 nitrogen and oxygen atoms in total. The fourth-order valence-electron chi connectivity index (χ4n) is 1.22. The molecule has 0 fully saturated rings. The van der Waals surface area contributed by atoms with Gasteiger partial charge in [0.25, 0.3) is 5.91 Å². The monoisotopic (exact) mass is 237 g/mol. The van der Waals surface area contributed by atoms with Crippen LogP contribution in [0.1, 0.15) is 24.3 Å². The van der Waals surface area contributed by atoms with Crippen LogP contribution in [-0.4, -0.2) is 28.0 Å². The van der Waals surface area contributed by atoms with Crippen molar-refractivity contribution >= 4 is 17.6 Å². The van der Waals surface area contributed by atoms with Crippen LogP contribution in [0.2, 0.25) is 0 Å². The molecule has 0 aliphatic heterocycles. The molecule has 17 heavy (non-hydrogen) atoms. The number of rotatable bonds is 4. The van der Waals surface area contributed by atoms with Crippen molar-refractivity contribution in [1.29, 1.82) is 0 Å². The van der Waals surface area contributed by atoms with Crippen molar-refractivity contribution in [3.8, 4) is 0 Å². The number of hydrogen-bond acceptors (Lipinski definition) is 4. The minimum Gasteiger partial charge on any atom is -0.481 e. The number of amides is 1. The van der Waals surface area contributed by atoms with Gasteiger partial charge in [0.05, 0.1) is 11.6 Å². The van der Waals surface area contributed by atoms with Crippen LogP contribution in [0.15, 0.2) is 18.3 Å². The van der Waals surface area contributed by atoms with Gasteiger partial charge in [-0.25, -0.2) is 4.98 Å². The van der Waals surface area contributed by atoms with Gasteiger partial charge in [-0.1, -0.05) is 0 Å². The molecule has 0 bridgehead atoms. The molecule has 1 aromatic rings. The van der Waals surface area contributed by atoms with Gasteiger partial charge in [-0.15, -0.1) is 0 Å². The second-order valence-electron chi connectivity index (χ2n) is 3.83. The standard InChI is InChI=1S/C11H15N3O3/c1-6(11(16)17)7(2)14-10(15)9-8(12)4-3-5-13-9/h3-7H,12H2,1-2H3,(H,14,15)(H,16,17). The van der Waals surface area contributed by atoms with Gasteiger partial charge >= 0.3 is 5.97 Å². The first-order chi connectivity index (χ1) is 7.93.